The van der Waals surface area contributed by atoms with E-state index in [-0.39, 0.29) is 11.9 Å². The monoisotopic (exact) mass is 289 g/mol. The Bertz CT molecular complexity index is 554. The van der Waals surface area contributed by atoms with Crippen molar-refractivity contribution in [3.05, 3.63) is 46.3 Å². The van der Waals surface area contributed by atoms with Crippen molar-refractivity contribution in [1.29, 1.82) is 0 Å². The van der Waals surface area contributed by atoms with Gasteiger partial charge in [-0.1, -0.05) is 6.07 Å². The lowest BCUT2D eigenvalue weighted by atomic mass is 10.1. The smallest absolute Gasteiger partial charge is 0.255 e. The fraction of sp³-hybridized carbons (Fsp3) is 0.333. The van der Waals surface area contributed by atoms with E-state index in [1.54, 1.807) is 29.7 Å². The molecule has 0 saturated carbocycles. The first-order chi connectivity index (χ1) is 9.70. The normalized spacial score (nSPS) is 11.9. The molecule has 0 saturated heterocycles. The summed E-state index contributed by atoms with van der Waals surface area (Å²) in [5, 5.41) is 8.18. The minimum absolute atomic E-state index is 0.0851. The van der Waals surface area contributed by atoms with Crippen molar-refractivity contribution in [2.75, 3.05) is 11.9 Å². The highest BCUT2D eigenvalue weighted by Gasteiger charge is 2.14. The van der Waals surface area contributed by atoms with Crippen molar-refractivity contribution >= 4 is 23.1 Å². The quantitative estimate of drug-likeness (QED) is 0.859. The van der Waals surface area contributed by atoms with Crippen LogP contribution in [0.15, 0.2) is 35.8 Å². The van der Waals surface area contributed by atoms with Crippen molar-refractivity contribution in [1.82, 2.24) is 10.3 Å². The number of carbonyl (C=O) groups excluding carboxylic acids is 1. The van der Waals surface area contributed by atoms with E-state index in [9.17, 15) is 4.79 Å². The number of pyridine rings is 1. The van der Waals surface area contributed by atoms with E-state index >= 15 is 0 Å². The molecule has 1 atom stereocenters. The van der Waals surface area contributed by atoms with E-state index in [1.807, 2.05) is 25.3 Å². The summed E-state index contributed by atoms with van der Waals surface area (Å²) >= 11 is 1.71. The van der Waals surface area contributed by atoms with E-state index in [2.05, 4.69) is 21.7 Å². The molecular weight excluding hydrogens is 270 g/mol. The van der Waals surface area contributed by atoms with Crippen LogP contribution < -0.4 is 10.6 Å². The molecule has 2 N–H and O–H groups in total. The topological polar surface area (TPSA) is 54.0 Å². The molecule has 106 valence electrons. The van der Waals surface area contributed by atoms with Crippen LogP contribution in [-0.2, 0) is 6.42 Å². The number of nitrogens with zero attached hydrogens (tertiary/aromatic N) is 1. The molecule has 2 heterocycles. The maximum atomic E-state index is 12.3. The minimum atomic E-state index is -0.0851. The molecular formula is C15H19N3OS. The number of thiophene rings is 1. The average Bonchev–Trinajstić information content (AvgIpc) is 2.92. The summed E-state index contributed by atoms with van der Waals surface area (Å²) in [6, 6.07) is 7.77. The van der Waals surface area contributed by atoms with Gasteiger partial charge in [-0.25, -0.2) is 4.98 Å². The molecule has 1 unspecified atom stereocenters. The van der Waals surface area contributed by atoms with Gasteiger partial charge in [0.25, 0.3) is 5.91 Å². The van der Waals surface area contributed by atoms with E-state index < -0.39 is 0 Å². The molecule has 0 bridgehead atoms. The van der Waals surface area contributed by atoms with Gasteiger partial charge in [0, 0.05) is 30.1 Å². The third-order valence-electron chi connectivity index (χ3n) is 2.86. The molecule has 2 aromatic heterocycles. The van der Waals surface area contributed by atoms with Crippen LogP contribution in [0.25, 0.3) is 0 Å². The third kappa shape index (κ3) is 3.81. The Morgan fingerprint density at radius 3 is 2.95 bits per heavy atom. The second-order valence-electron chi connectivity index (χ2n) is 4.59. The fourth-order valence-electron chi connectivity index (χ4n) is 1.98. The summed E-state index contributed by atoms with van der Waals surface area (Å²) in [6.07, 6.45) is 2.53. The molecule has 5 heteroatoms. The molecule has 2 aromatic rings. The number of carbonyl (C=O) groups is 1. The first-order valence-electron chi connectivity index (χ1n) is 6.72. The SMILES string of the molecule is CCNc1ncccc1C(=O)NC(C)Cc1cccs1. The lowest BCUT2D eigenvalue weighted by molar-refractivity contribution is 0.0940. The predicted octanol–water partition coefficient (Wildman–Crippen LogP) is 2.94. The Morgan fingerprint density at radius 1 is 1.40 bits per heavy atom. The number of hydrogen-bond donors (Lipinski definition) is 2. The van der Waals surface area contributed by atoms with Gasteiger partial charge in [-0.3, -0.25) is 4.79 Å². The van der Waals surface area contributed by atoms with Gasteiger partial charge in [-0.15, -0.1) is 11.3 Å². The van der Waals surface area contributed by atoms with Gasteiger partial charge < -0.3 is 10.6 Å². The van der Waals surface area contributed by atoms with Crippen LogP contribution in [0.3, 0.4) is 0 Å². The highest BCUT2D eigenvalue weighted by Crippen LogP contribution is 2.13. The standard InChI is InChI=1S/C15H19N3OS/c1-3-16-14-13(7-4-8-17-14)15(19)18-11(2)10-12-6-5-9-20-12/h4-9,11H,3,10H2,1-2H3,(H,16,17)(H,18,19). The summed E-state index contributed by atoms with van der Waals surface area (Å²) in [5.41, 5.74) is 0.590. The lowest BCUT2D eigenvalue weighted by Gasteiger charge is -2.14. The Kier molecular flexibility index (Phi) is 5.12. The van der Waals surface area contributed by atoms with E-state index in [0.717, 1.165) is 13.0 Å². The Balaban J connectivity index is 2.00. The first-order valence-corrected chi connectivity index (χ1v) is 7.60. The number of amides is 1. The molecule has 0 spiro atoms. The second-order valence-corrected chi connectivity index (χ2v) is 5.62. The van der Waals surface area contributed by atoms with Crippen molar-refractivity contribution in [2.24, 2.45) is 0 Å². The van der Waals surface area contributed by atoms with Gasteiger partial charge in [-0.05, 0) is 37.4 Å². The zero-order valence-electron chi connectivity index (χ0n) is 11.7. The highest BCUT2D eigenvalue weighted by atomic mass is 32.1. The highest BCUT2D eigenvalue weighted by molar-refractivity contribution is 7.09. The molecule has 1 amide bonds. The second kappa shape index (κ2) is 7.05. The number of hydrogen-bond acceptors (Lipinski definition) is 4. The van der Waals surface area contributed by atoms with Gasteiger partial charge in [0.05, 0.1) is 5.56 Å². The lowest BCUT2D eigenvalue weighted by Crippen LogP contribution is -2.34. The first kappa shape index (κ1) is 14.5. The molecule has 0 aliphatic carbocycles. The van der Waals surface area contributed by atoms with E-state index in [1.165, 1.54) is 4.88 Å². The van der Waals surface area contributed by atoms with Gasteiger partial charge in [0.15, 0.2) is 0 Å². The molecule has 2 rings (SSSR count). The van der Waals surface area contributed by atoms with Crippen molar-refractivity contribution in [2.45, 2.75) is 26.3 Å². The fourth-order valence-corrected chi connectivity index (χ4v) is 2.82. The summed E-state index contributed by atoms with van der Waals surface area (Å²) < 4.78 is 0. The summed E-state index contributed by atoms with van der Waals surface area (Å²) in [5.74, 6) is 0.550. The molecule has 4 nitrogen and oxygen atoms in total. The number of aromatic nitrogens is 1. The van der Waals surface area contributed by atoms with Crippen LogP contribution >= 0.6 is 11.3 Å². The summed E-state index contributed by atoms with van der Waals surface area (Å²) in [4.78, 5) is 17.8. The third-order valence-corrected chi connectivity index (χ3v) is 3.76. The van der Waals surface area contributed by atoms with Crippen molar-refractivity contribution < 1.29 is 4.79 Å². The van der Waals surface area contributed by atoms with Crippen LogP contribution in [0, 0.1) is 0 Å². The summed E-state index contributed by atoms with van der Waals surface area (Å²) in [7, 11) is 0. The Morgan fingerprint density at radius 2 is 2.25 bits per heavy atom. The van der Waals surface area contributed by atoms with E-state index in [4.69, 9.17) is 0 Å². The van der Waals surface area contributed by atoms with Crippen molar-refractivity contribution in [3.8, 4) is 0 Å². The van der Waals surface area contributed by atoms with Crippen molar-refractivity contribution in [3.63, 3.8) is 0 Å². The average molecular weight is 289 g/mol. The maximum Gasteiger partial charge on any atom is 0.255 e. The molecule has 0 aliphatic rings. The van der Waals surface area contributed by atoms with Gasteiger partial charge in [-0.2, -0.15) is 0 Å². The number of nitrogens with one attached hydrogen (secondary N) is 2. The number of anilines is 1. The van der Waals surface area contributed by atoms with Gasteiger partial charge >= 0.3 is 0 Å². The van der Waals surface area contributed by atoms with Crippen LogP contribution in [0.2, 0.25) is 0 Å². The molecule has 0 radical (unpaired) electrons. The zero-order valence-corrected chi connectivity index (χ0v) is 12.5. The molecule has 0 fully saturated rings. The largest absolute Gasteiger partial charge is 0.370 e. The summed E-state index contributed by atoms with van der Waals surface area (Å²) in [6.45, 7) is 4.73. The molecule has 0 aliphatic heterocycles. The van der Waals surface area contributed by atoms with Crippen LogP contribution in [0.4, 0.5) is 5.82 Å². The molecule has 0 aromatic carbocycles. The number of rotatable bonds is 6. The van der Waals surface area contributed by atoms with Crippen LogP contribution in [0.1, 0.15) is 29.1 Å². The molecule has 20 heavy (non-hydrogen) atoms. The Hall–Kier alpha value is -1.88. The predicted molar refractivity (Wildman–Crippen MR) is 83.4 cm³/mol. The van der Waals surface area contributed by atoms with Crippen LogP contribution in [-0.4, -0.2) is 23.5 Å². The van der Waals surface area contributed by atoms with E-state index in [0.29, 0.717) is 11.4 Å². The Labute approximate surface area is 123 Å². The zero-order chi connectivity index (χ0) is 14.4. The van der Waals surface area contributed by atoms with Gasteiger partial charge in [0.1, 0.15) is 5.82 Å². The van der Waals surface area contributed by atoms with Crippen LogP contribution in [0.5, 0.6) is 0 Å². The van der Waals surface area contributed by atoms with Gasteiger partial charge in [0.2, 0.25) is 0 Å². The maximum absolute atomic E-state index is 12.3. The minimum Gasteiger partial charge on any atom is -0.370 e.